The maximum atomic E-state index is 13.3. The van der Waals surface area contributed by atoms with E-state index < -0.39 is 5.82 Å². The number of aliphatic hydroxyl groups is 1. The van der Waals surface area contributed by atoms with Gasteiger partial charge in [0.25, 0.3) is 5.91 Å². The van der Waals surface area contributed by atoms with Gasteiger partial charge in [-0.3, -0.25) is 4.79 Å². The van der Waals surface area contributed by atoms with E-state index in [4.69, 9.17) is 5.11 Å². The number of halogens is 1. The van der Waals surface area contributed by atoms with Crippen LogP contribution in [0.15, 0.2) is 18.2 Å². The Kier molecular flexibility index (Phi) is 6.75. The number of aliphatic hydroxyl groups excluding tert-OH is 1. The summed E-state index contributed by atoms with van der Waals surface area (Å²) in [4.78, 5) is 12.1. The number of carbonyl (C=O) groups is 1. The fourth-order valence-electron chi connectivity index (χ4n) is 1.53. The van der Waals surface area contributed by atoms with Crippen LogP contribution in [0, 0.1) is 23.6 Å². The summed E-state index contributed by atoms with van der Waals surface area (Å²) in [5.41, 5.74) is 0.709. The van der Waals surface area contributed by atoms with Crippen LogP contribution in [0.3, 0.4) is 0 Å². The van der Waals surface area contributed by atoms with E-state index in [1.54, 1.807) is 0 Å². The molecule has 1 aromatic rings. The van der Waals surface area contributed by atoms with Crippen molar-refractivity contribution >= 4 is 5.91 Å². The zero-order chi connectivity index (χ0) is 15.0. The van der Waals surface area contributed by atoms with Crippen LogP contribution >= 0.6 is 0 Å². The van der Waals surface area contributed by atoms with Crippen molar-refractivity contribution in [2.75, 3.05) is 13.2 Å². The SMILES string of the molecule is CCC(C)CNC(=O)c1cc(F)ccc1C#CCCO. The lowest BCUT2D eigenvalue weighted by Gasteiger charge is -2.11. The zero-order valence-electron chi connectivity index (χ0n) is 11.9. The fraction of sp³-hybridized carbons (Fsp3) is 0.438. The fourth-order valence-corrected chi connectivity index (χ4v) is 1.53. The third-order valence-electron chi connectivity index (χ3n) is 2.99. The van der Waals surface area contributed by atoms with Gasteiger partial charge < -0.3 is 10.4 Å². The molecule has 1 amide bonds. The summed E-state index contributed by atoms with van der Waals surface area (Å²) in [6, 6.07) is 3.95. The molecule has 1 atom stereocenters. The van der Waals surface area contributed by atoms with E-state index in [1.807, 2.05) is 13.8 Å². The largest absolute Gasteiger partial charge is 0.395 e. The Labute approximate surface area is 119 Å². The molecule has 0 saturated heterocycles. The molecule has 0 bridgehead atoms. The predicted octanol–water partition coefficient (Wildman–Crippen LogP) is 2.34. The summed E-state index contributed by atoms with van der Waals surface area (Å²) in [6.45, 7) is 4.59. The van der Waals surface area contributed by atoms with Crippen molar-refractivity contribution in [1.29, 1.82) is 0 Å². The van der Waals surface area contributed by atoms with Crippen LogP contribution in [-0.4, -0.2) is 24.2 Å². The topological polar surface area (TPSA) is 49.3 Å². The maximum Gasteiger partial charge on any atom is 0.252 e. The van der Waals surface area contributed by atoms with Gasteiger partial charge in [-0.15, -0.1) is 0 Å². The van der Waals surface area contributed by atoms with Crippen molar-refractivity contribution in [3.05, 3.63) is 35.1 Å². The number of rotatable bonds is 5. The van der Waals surface area contributed by atoms with Gasteiger partial charge in [-0.1, -0.05) is 32.1 Å². The van der Waals surface area contributed by atoms with Gasteiger partial charge in [-0.25, -0.2) is 4.39 Å². The first-order valence-corrected chi connectivity index (χ1v) is 6.76. The number of amides is 1. The monoisotopic (exact) mass is 277 g/mol. The van der Waals surface area contributed by atoms with E-state index in [-0.39, 0.29) is 18.1 Å². The lowest BCUT2D eigenvalue weighted by atomic mass is 10.1. The summed E-state index contributed by atoms with van der Waals surface area (Å²) >= 11 is 0. The first-order chi connectivity index (χ1) is 9.58. The Morgan fingerprint density at radius 2 is 2.25 bits per heavy atom. The van der Waals surface area contributed by atoms with Gasteiger partial charge in [0.1, 0.15) is 5.82 Å². The average molecular weight is 277 g/mol. The minimum absolute atomic E-state index is 0.0380. The quantitative estimate of drug-likeness (QED) is 0.812. The summed E-state index contributed by atoms with van der Waals surface area (Å²) in [6.07, 6.45) is 1.29. The second kappa shape index (κ2) is 8.34. The van der Waals surface area contributed by atoms with Crippen LogP contribution < -0.4 is 5.32 Å². The second-order valence-electron chi connectivity index (χ2n) is 4.69. The standard InChI is InChI=1S/C16H20FNO2/c1-3-12(2)11-18-16(20)15-10-14(17)8-7-13(15)6-4-5-9-19/h7-8,10,12,19H,3,5,9,11H2,1-2H3,(H,18,20). The van der Waals surface area contributed by atoms with Crippen molar-refractivity contribution in [3.8, 4) is 11.8 Å². The van der Waals surface area contributed by atoms with E-state index in [0.717, 1.165) is 6.42 Å². The smallest absolute Gasteiger partial charge is 0.252 e. The predicted molar refractivity (Wildman–Crippen MR) is 76.8 cm³/mol. The molecular formula is C16H20FNO2. The van der Waals surface area contributed by atoms with Gasteiger partial charge in [0.05, 0.1) is 12.2 Å². The Hall–Kier alpha value is -1.86. The van der Waals surface area contributed by atoms with Crippen molar-refractivity contribution < 1.29 is 14.3 Å². The highest BCUT2D eigenvalue weighted by Gasteiger charge is 2.12. The number of carbonyl (C=O) groups excluding carboxylic acids is 1. The molecule has 2 N–H and O–H groups in total. The Balaban J connectivity index is 2.89. The molecule has 0 aliphatic rings. The molecule has 0 spiro atoms. The molecule has 3 nitrogen and oxygen atoms in total. The van der Waals surface area contributed by atoms with Gasteiger partial charge in [-0.2, -0.15) is 0 Å². The van der Waals surface area contributed by atoms with Crippen molar-refractivity contribution in [3.63, 3.8) is 0 Å². The molecule has 0 heterocycles. The van der Waals surface area contributed by atoms with Crippen LogP contribution in [-0.2, 0) is 0 Å². The van der Waals surface area contributed by atoms with Crippen LogP contribution in [0.25, 0.3) is 0 Å². The molecule has 1 unspecified atom stereocenters. The molecule has 0 aliphatic carbocycles. The van der Waals surface area contributed by atoms with E-state index in [2.05, 4.69) is 17.2 Å². The molecule has 0 fully saturated rings. The van der Waals surface area contributed by atoms with Crippen LogP contribution in [0.1, 0.15) is 42.6 Å². The first-order valence-electron chi connectivity index (χ1n) is 6.76. The maximum absolute atomic E-state index is 13.3. The van der Waals surface area contributed by atoms with E-state index in [0.29, 0.717) is 24.4 Å². The highest BCUT2D eigenvalue weighted by atomic mass is 19.1. The van der Waals surface area contributed by atoms with E-state index in [9.17, 15) is 9.18 Å². The van der Waals surface area contributed by atoms with Crippen LogP contribution in [0.4, 0.5) is 4.39 Å². The van der Waals surface area contributed by atoms with Crippen LogP contribution in [0.5, 0.6) is 0 Å². The number of benzene rings is 1. The van der Waals surface area contributed by atoms with Gasteiger partial charge >= 0.3 is 0 Å². The third kappa shape index (κ3) is 5.02. The normalized spacial score (nSPS) is 11.4. The van der Waals surface area contributed by atoms with Gasteiger partial charge in [-0.05, 0) is 24.1 Å². The van der Waals surface area contributed by atoms with Crippen LogP contribution in [0.2, 0.25) is 0 Å². The lowest BCUT2D eigenvalue weighted by Crippen LogP contribution is -2.28. The highest BCUT2D eigenvalue weighted by Crippen LogP contribution is 2.11. The third-order valence-corrected chi connectivity index (χ3v) is 2.99. The molecular weight excluding hydrogens is 257 g/mol. The van der Waals surface area contributed by atoms with Crippen molar-refractivity contribution in [2.24, 2.45) is 5.92 Å². The molecule has 4 heteroatoms. The Morgan fingerprint density at radius 1 is 1.50 bits per heavy atom. The Bertz CT molecular complexity index is 517. The summed E-state index contributed by atoms with van der Waals surface area (Å²) in [7, 11) is 0. The minimum atomic E-state index is -0.466. The molecule has 1 aromatic carbocycles. The highest BCUT2D eigenvalue weighted by molar-refractivity contribution is 5.96. The summed E-state index contributed by atoms with van der Waals surface area (Å²) in [5, 5.41) is 11.5. The van der Waals surface area contributed by atoms with E-state index >= 15 is 0 Å². The molecule has 20 heavy (non-hydrogen) atoms. The molecule has 0 saturated carbocycles. The number of nitrogens with one attached hydrogen (secondary N) is 1. The number of hydrogen-bond donors (Lipinski definition) is 2. The number of hydrogen-bond acceptors (Lipinski definition) is 2. The molecule has 0 aromatic heterocycles. The molecule has 0 radical (unpaired) electrons. The molecule has 1 rings (SSSR count). The first kappa shape index (κ1) is 16.2. The second-order valence-corrected chi connectivity index (χ2v) is 4.69. The minimum Gasteiger partial charge on any atom is -0.395 e. The van der Waals surface area contributed by atoms with Gasteiger partial charge in [0.2, 0.25) is 0 Å². The molecule has 0 aliphatic heterocycles. The van der Waals surface area contributed by atoms with Crippen molar-refractivity contribution in [1.82, 2.24) is 5.32 Å². The Morgan fingerprint density at radius 3 is 2.90 bits per heavy atom. The summed E-state index contributed by atoms with van der Waals surface area (Å²) < 4.78 is 13.3. The van der Waals surface area contributed by atoms with E-state index in [1.165, 1.54) is 18.2 Å². The average Bonchev–Trinajstić information content (AvgIpc) is 2.46. The van der Waals surface area contributed by atoms with Crippen molar-refractivity contribution in [2.45, 2.75) is 26.7 Å². The van der Waals surface area contributed by atoms with Gasteiger partial charge in [0, 0.05) is 18.5 Å². The summed E-state index contributed by atoms with van der Waals surface area (Å²) in [5.74, 6) is 5.11. The van der Waals surface area contributed by atoms with Gasteiger partial charge in [0.15, 0.2) is 0 Å². The zero-order valence-corrected chi connectivity index (χ0v) is 11.9. The molecule has 108 valence electrons. The lowest BCUT2D eigenvalue weighted by molar-refractivity contribution is 0.0947.